The summed E-state index contributed by atoms with van der Waals surface area (Å²) in [6.45, 7) is 0. The Morgan fingerprint density at radius 3 is 2.38 bits per heavy atom. The molecular formula is C17H18N2O5. The van der Waals surface area contributed by atoms with Crippen molar-refractivity contribution in [1.29, 1.82) is 0 Å². The van der Waals surface area contributed by atoms with Gasteiger partial charge in [-0.15, -0.1) is 0 Å². The molecule has 126 valence electrons. The molecule has 0 aliphatic carbocycles. The molecule has 0 unspecified atom stereocenters. The van der Waals surface area contributed by atoms with Gasteiger partial charge < -0.3 is 19.3 Å². The van der Waals surface area contributed by atoms with E-state index in [1.54, 1.807) is 24.3 Å². The number of nitrogens with one attached hydrogen (secondary N) is 1. The molecule has 0 saturated heterocycles. The monoisotopic (exact) mass is 330 g/mol. The van der Waals surface area contributed by atoms with Crippen molar-refractivity contribution in [2.24, 2.45) is 5.10 Å². The van der Waals surface area contributed by atoms with Gasteiger partial charge in [0.05, 0.1) is 33.1 Å². The summed E-state index contributed by atoms with van der Waals surface area (Å²) in [7, 11) is 4.52. The molecule has 2 rings (SSSR count). The van der Waals surface area contributed by atoms with Gasteiger partial charge in [0.1, 0.15) is 5.75 Å². The highest BCUT2D eigenvalue weighted by atomic mass is 16.5. The summed E-state index contributed by atoms with van der Waals surface area (Å²) in [5.41, 5.74) is 3.07. The topological polar surface area (TPSA) is 89.4 Å². The predicted molar refractivity (Wildman–Crippen MR) is 89.3 cm³/mol. The molecule has 0 fully saturated rings. The van der Waals surface area contributed by atoms with Crippen LogP contribution in [0.1, 0.15) is 15.9 Å². The van der Waals surface area contributed by atoms with Crippen LogP contribution in [0.15, 0.2) is 41.5 Å². The first-order valence-electron chi connectivity index (χ1n) is 7.02. The standard InChI is InChI=1S/C17H18N2O5/c1-22-14-9-8-11(15(23-2)16(14)24-3)10-18-19-17(21)12-6-4-5-7-13(12)20/h4-10,20H,1-3H3,(H,19,21)/b18-10+. The molecule has 2 aromatic rings. The number of hydrogen-bond donors (Lipinski definition) is 2. The average Bonchev–Trinajstić information content (AvgIpc) is 2.61. The van der Waals surface area contributed by atoms with E-state index in [0.29, 0.717) is 22.8 Å². The van der Waals surface area contributed by atoms with Crippen LogP contribution in [0, 0.1) is 0 Å². The SMILES string of the molecule is COc1ccc(/C=N/NC(=O)c2ccccc2O)c(OC)c1OC. The molecule has 2 aromatic carbocycles. The molecule has 0 bridgehead atoms. The summed E-state index contributed by atoms with van der Waals surface area (Å²) in [5.74, 6) is 0.732. The fraction of sp³-hybridized carbons (Fsp3) is 0.176. The third-order valence-corrected chi connectivity index (χ3v) is 3.25. The quantitative estimate of drug-likeness (QED) is 0.626. The second-order valence-corrected chi connectivity index (χ2v) is 4.64. The van der Waals surface area contributed by atoms with E-state index in [2.05, 4.69) is 10.5 Å². The number of carbonyl (C=O) groups excluding carboxylic acids is 1. The van der Waals surface area contributed by atoms with Crippen LogP contribution in [-0.4, -0.2) is 38.6 Å². The van der Waals surface area contributed by atoms with Crippen molar-refractivity contribution in [3.8, 4) is 23.0 Å². The van der Waals surface area contributed by atoms with Gasteiger partial charge in [-0.05, 0) is 24.3 Å². The van der Waals surface area contributed by atoms with Gasteiger partial charge in [0.25, 0.3) is 5.91 Å². The number of aromatic hydroxyl groups is 1. The summed E-state index contributed by atoms with van der Waals surface area (Å²) < 4.78 is 15.8. The molecule has 24 heavy (non-hydrogen) atoms. The lowest BCUT2D eigenvalue weighted by atomic mass is 10.2. The zero-order valence-electron chi connectivity index (χ0n) is 13.6. The van der Waals surface area contributed by atoms with Crippen LogP contribution in [-0.2, 0) is 0 Å². The first-order chi connectivity index (χ1) is 11.6. The smallest absolute Gasteiger partial charge is 0.275 e. The van der Waals surface area contributed by atoms with E-state index >= 15 is 0 Å². The van der Waals surface area contributed by atoms with Crippen molar-refractivity contribution in [2.45, 2.75) is 0 Å². The molecule has 0 spiro atoms. The number of methoxy groups -OCH3 is 3. The molecule has 1 amide bonds. The third kappa shape index (κ3) is 3.57. The van der Waals surface area contributed by atoms with Crippen LogP contribution in [0.5, 0.6) is 23.0 Å². The van der Waals surface area contributed by atoms with Gasteiger partial charge in [-0.25, -0.2) is 5.43 Å². The van der Waals surface area contributed by atoms with E-state index in [9.17, 15) is 9.90 Å². The molecule has 7 nitrogen and oxygen atoms in total. The molecule has 2 N–H and O–H groups in total. The summed E-state index contributed by atoms with van der Waals surface area (Å²) in [4.78, 5) is 12.0. The highest BCUT2D eigenvalue weighted by Gasteiger charge is 2.15. The van der Waals surface area contributed by atoms with Crippen LogP contribution < -0.4 is 19.6 Å². The van der Waals surface area contributed by atoms with Gasteiger partial charge >= 0.3 is 0 Å². The molecule has 7 heteroatoms. The largest absolute Gasteiger partial charge is 0.507 e. The number of phenolic OH excluding ortho intramolecular Hbond substituents is 1. The lowest BCUT2D eigenvalue weighted by Gasteiger charge is -2.13. The highest BCUT2D eigenvalue weighted by molar-refractivity contribution is 5.97. The fourth-order valence-corrected chi connectivity index (χ4v) is 2.11. The normalized spacial score (nSPS) is 10.5. The van der Waals surface area contributed by atoms with Gasteiger partial charge in [0, 0.05) is 5.56 Å². The van der Waals surface area contributed by atoms with E-state index in [1.165, 1.54) is 39.7 Å². The van der Waals surface area contributed by atoms with E-state index in [0.717, 1.165) is 0 Å². The Labute approximate surface area is 139 Å². The van der Waals surface area contributed by atoms with Crippen molar-refractivity contribution in [3.63, 3.8) is 0 Å². The van der Waals surface area contributed by atoms with E-state index in [4.69, 9.17) is 14.2 Å². The highest BCUT2D eigenvalue weighted by Crippen LogP contribution is 2.38. The maximum atomic E-state index is 12.0. The van der Waals surface area contributed by atoms with Gasteiger partial charge in [-0.1, -0.05) is 12.1 Å². The molecule has 0 radical (unpaired) electrons. The first kappa shape index (κ1) is 17.1. The average molecular weight is 330 g/mol. The lowest BCUT2D eigenvalue weighted by molar-refractivity contribution is 0.0952. The minimum Gasteiger partial charge on any atom is -0.507 e. The van der Waals surface area contributed by atoms with Crippen molar-refractivity contribution in [3.05, 3.63) is 47.5 Å². The van der Waals surface area contributed by atoms with Crippen LogP contribution >= 0.6 is 0 Å². The van der Waals surface area contributed by atoms with E-state index in [1.807, 2.05) is 0 Å². The molecule has 0 aliphatic rings. The molecule has 0 atom stereocenters. The predicted octanol–water partition coefficient (Wildman–Crippen LogP) is 2.18. The Balaban J connectivity index is 2.20. The maximum Gasteiger partial charge on any atom is 0.275 e. The zero-order valence-corrected chi connectivity index (χ0v) is 13.6. The summed E-state index contributed by atoms with van der Waals surface area (Å²) >= 11 is 0. The van der Waals surface area contributed by atoms with Gasteiger partial charge in [-0.2, -0.15) is 5.10 Å². The Morgan fingerprint density at radius 1 is 1.04 bits per heavy atom. The number of amides is 1. The number of hydrazone groups is 1. The molecular weight excluding hydrogens is 312 g/mol. The lowest BCUT2D eigenvalue weighted by Crippen LogP contribution is -2.17. The minimum absolute atomic E-state index is 0.117. The summed E-state index contributed by atoms with van der Waals surface area (Å²) in [6.07, 6.45) is 1.42. The second kappa shape index (κ2) is 7.87. The number of benzene rings is 2. The second-order valence-electron chi connectivity index (χ2n) is 4.64. The molecule has 0 aromatic heterocycles. The fourth-order valence-electron chi connectivity index (χ4n) is 2.11. The number of nitrogens with zero attached hydrogens (tertiary/aromatic N) is 1. The van der Waals surface area contributed by atoms with Crippen molar-refractivity contribution in [1.82, 2.24) is 5.43 Å². The Morgan fingerprint density at radius 2 is 1.75 bits per heavy atom. The summed E-state index contributed by atoms with van der Waals surface area (Å²) in [5, 5.41) is 13.5. The van der Waals surface area contributed by atoms with Crippen LogP contribution in [0.2, 0.25) is 0 Å². The van der Waals surface area contributed by atoms with Crippen LogP contribution in [0.4, 0.5) is 0 Å². The molecule has 0 heterocycles. The number of carbonyl (C=O) groups is 1. The van der Waals surface area contributed by atoms with Crippen LogP contribution in [0.25, 0.3) is 0 Å². The Hall–Kier alpha value is -3.22. The molecule has 0 saturated carbocycles. The van der Waals surface area contributed by atoms with Crippen molar-refractivity contribution in [2.75, 3.05) is 21.3 Å². The minimum atomic E-state index is -0.524. The third-order valence-electron chi connectivity index (χ3n) is 3.25. The first-order valence-corrected chi connectivity index (χ1v) is 7.02. The van der Waals surface area contributed by atoms with Gasteiger partial charge in [0.2, 0.25) is 5.75 Å². The van der Waals surface area contributed by atoms with Crippen LogP contribution in [0.3, 0.4) is 0 Å². The number of ether oxygens (including phenoxy) is 3. The number of para-hydroxylation sites is 1. The number of phenols is 1. The van der Waals surface area contributed by atoms with E-state index < -0.39 is 5.91 Å². The zero-order chi connectivity index (χ0) is 17.5. The summed E-state index contributed by atoms with van der Waals surface area (Å²) in [6, 6.07) is 9.62. The Kier molecular flexibility index (Phi) is 5.62. The number of rotatable bonds is 6. The van der Waals surface area contributed by atoms with Crippen molar-refractivity contribution >= 4 is 12.1 Å². The Bertz CT molecular complexity index is 759. The van der Waals surface area contributed by atoms with Gasteiger partial charge in [0.15, 0.2) is 11.5 Å². The van der Waals surface area contributed by atoms with Crippen molar-refractivity contribution < 1.29 is 24.1 Å². The molecule has 0 aliphatic heterocycles. The van der Waals surface area contributed by atoms with Gasteiger partial charge in [-0.3, -0.25) is 4.79 Å². The maximum absolute atomic E-state index is 12.0. The number of hydrogen-bond acceptors (Lipinski definition) is 6. The van der Waals surface area contributed by atoms with E-state index in [-0.39, 0.29) is 11.3 Å².